The standard InChI is InChI=1S/C13H21NO2S/c1-10(8-15)17-9-13(14-2)11-5-4-6-12(7-11)16-3/h4-7,10,13-15H,8-9H2,1-3H3. The van der Waals surface area contributed by atoms with Crippen LogP contribution in [0.25, 0.3) is 0 Å². The van der Waals surface area contributed by atoms with Crippen molar-refractivity contribution in [3.05, 3.63) is 29.8 Å². The monoisotopic (exact) mass is 255 g/mol. The van der Waals surface area contributed by atoms with Crippen molar-refractivity contribution in [2.75, 3.05) is 26.5 Å². The lowest BCUT2D eigenvalue weighted by Crippen LogP contribution is -2.20. The second kappa shape index (κ2) is 7.58. The summed E-state index contributed by atoms with van der Waals surface area (Å²) in [6.07, 6.45) is 0. The molecule has 0 saturated carbocycles. The number of benzene rings is 1. The van der Waals surface area contributed by atoms with Crippen molar-refractivity contribution in [3.8, 4) is 5.75 Å². The number of aliphatic hydroxyl groups is 1. The summed E-state index contributed by atoms with van der Waals surface area (Å²) in [7, 11) is 3.63. The molecule has 0 heterocycles. The topological polar surface area (TPSA) is 41.5 Å². The number of rotatable bonds is 7. The number of hydrogen-bond acceptors (Lipinski definition) is 4. The molecule has 0 aliphatic carbocycles. The Balaban J connectivity index is 2.65. The van der Waals surface area contributed by atoms with Gasteiger partial charge in [0.05, 0.1) is 13.7 Å². The first-order chi connectivity index (χ1) is 8.21. The number of nitrogens with one attached hydrogen (secondary N) is 1. The van der Waals surface area contributed by atoms with Gasteiger partial charge in [0, 0.05) is 17.0 Å². The number of ether oxygens (including phenoxy) is 1. The predicted molar refractivity (Wildman–Crippen MR) is 73.8 cm³/mol. The largest absolute Gasteiger partial charge is 0.497 e. The SMILES string of the molecule is CNC(CSC(C)CO)c1cccc(OC)c1. The van der Waals surface area contributed by atoms with Crippen LogP contribution in [0.5, 0.6) is 5.75 Å². The van der Waals surface area contributed by atoms with E-state index >= 15 is 0 Å². The quantitative estimate of drug-likeness (QED) is 0.782. The van der Waals surface area contributed by atoms with E-state index in [0.717, 1.165) is 11.5 Å². The van der Waals surface area contributed by atoms with Crippen LogP contribution in [0.15, 0.2) is 24.3 Å². The van der Waals surface area contributed by atoms with Gasteiger partial charge in [0.25, 0.3) is 0 Å². The minimum atomic E-state index is 0.221. The molecule has 0 amide bonds. The molecular weight excluding hydrogens is 234 g/mol. The number of methoxy groups -OCH3 is 1. The zero-order valence-corrected chi connectivity index (χ0v) is 11.5. The molecule has 3 nitrogen and oxygen atoms in total. The van der Waals surface area contributed by atoms with Crippen LogP contribution in [0.4, 0.5) is 0 Å². The minimum absolute atomic E-state index is 0.221. The molecule has 1 rings (SSSR count). The van der Waals surface area contributed by atoms with Crippen molar-refractivity contribution in [3.63, 3.8) is 0 Å². The van der Waals surface area contributed by atoms with E-state index in [9.17, 15) is 0 Å². The summed E-state index contributed by atoms with van der Waals surface area (Å²) < 4.78 is 5.22. The third-order valence-electron chi connectivity index (χ3n) is 2.65. The Kier molecular flexibility index (Phi) is 6.40. The van der Waals surface area contributed by atoms with E-state index in [0.29, 0.717) is 0 Å². The van der Waals surface area contributed by atoms with Crippen molar-refractivity contribution in [1.29, 1.82) is 0 Å². The summed E-state index contributed by atoms with van der Waals surface area (Å²) >= 11 is 1.76. The molecule has 0 fully saturated rings. The molecule has 0 aromatic heterocycles. The molecule has 2 atom stereocenters. The maximum atomic E-state index is 9.01. The minimum Gasteiger partial charge on any atom is -0.497 e. The van der Waals surface area contributed by atoms with Crippen LogP contribution in [0, 0.1) is 0 Å². The molecule has 0 radical (unpaired) electrons. The highest BCUT2D eigenvalue weighted by Crippen LogP contribution is 2.23. The van der Waals surface area contributed by atoms with E-state index in [4.69, 9.17) is 9.84 Å². The lowest BCUT2D eigenvalue weighted by molar-refractivity contribution is 0.300. The maximum absolute atomic E-state index is 9.01. The molecule has 4 heteroatoms. The third-order valence-corrected chi connectivity index (χ3v) is 3.89. The summed E-state index contributed by atoms with van der Waals surface area (Å²) in [6.45, 7) is 2.25. The van der Waals surface area contributed by atoms with Gasteiger partial charge >= 0.3 is 0 Å². The molecule has 0 aliphatic rings. The van der Waals surface area contributed by atoms with Crippen molar-refractivity contribution in [2.24, 2.45) is 0 Å². The molecule has 2 unspecified atom stereocenters. The lowest BCUT2D eigenvalue weighted by Gasteiger charge is -2.18. The molecule has 1 aromatic rings. The number of hydrogen-bond donors (Lipinski definition) is 2. The zero-order chi connectivity index (χ0) is 12.7. The molecule has 1 aromatic carbocycles. The van der Waals surface area contributed by atoms with Crippen LogP contribution in [0.1, 0.15) is 18.5 Å². The van der Waals surface area contributed by atoms with Gasteiger partial charge in [0.1, 0.15) is 5.75 Å². The molecule has 0 saturated heterocycles. The van der Waals surface area contributed by atoms with E-state index < -0.39 is 0 Å². The molecule has 0 bridgehead atoms. The summed E-state index contributed by atoms with van der Waals surface area (Å²) in [5.74, 6) is 1.81. The van der Waals surface area contributed by atoms with Gasteiger partial charge in [-0.2, -0.15) is 11.8 Å². The Bertz CT molecular complexity index is 333. The fourth-order valence-corrected chi connectivity index (χ4v) is 2.50. The first kappa shape index (κ1) is 14.4. The number of aliphatic hydroxyl groups excluding tert-OH is 1. The molecule has 0 aliphatic heterocycles. The van der Waals surface area contributed by atoms with Gasteiger partial charge in [-0.3, -0.25) is 0 Å². The van der Waals surface area contributed by atoms with Crippen molar-refractivity contribution in [2.45, 2.75) is 18.2 Å². The Morgan fingerprint density at radius 1 is 1.47 bits per heavy atom. The summed E-state index contributed by atoms with van der Waals surface area (Å²) in [5.41, 5.74) is 1.21. The Hall–Kier alpha value is -0.710. The smallest absolute Gasteiger partial charge is 0.119 e. The maximum Gasteiger partial charge on any atom is 0.119 e. The number of thioether (sulfide) groups is 1. The van der Waals surface area contributed by atoms with E-state index in [2.05, 4.69) is 11.4 Å². The van der Waals surface area contributed by atoms with Crippen LogP contribution in [-0.4, -0.2) is 36.9 Å². The van der Waals surface area contributed by atoms with Gasteiger partial charge in [0.2, 0.25) is 0 Å². The second-order valence-corrected chi connectivity index (χ2v) is 5.42. The Morgan fingerprint density at radius 3 is 2.82 bits per heavy atom. The second-order valence-electron chi connectivity index (χ2n) is 3.94. The van der Waals surface area contributed by atoms with Crippen LogP contribution >= 0.6 is 11.8 Å². The first-order valence-electron chi connectivity index (χ1n) is 5.75. The fourth-order valence-electron chi connectivity index (χ4n) is 1.52. The van der Waals surface area contributed by atoms with Crippen molar-refractivity contribution >= 4 is 11.8 Å². The average Bonchev–Trinajstić information content (AvgIpc) is 2.39. The van der Waals surface area contributed by atoms with Crippen LogP contribution < -0.4 is 10.1 Å². The molecule has 17 heavy (non-hydrogen) atoms. The average molecular weight is 255 g/mol. The molecular formula is C13H21NO2S. The van der Waals surface area contributed by atoms with Gasteiger partial charge < -0.3 is 15.2 Å². The molecule has 0 spiro atoms. The first-order valence-corrected chi connectivity index (χ1v) is 6.79. The van der Waals surface area contributed by atoms with Gasteiger partial charge in [-0.1, -0.05) is 19.1 Å². The summed E-state index contributed by atoms with van der Waals surface area (Å²) in [4.78, 5) is 0. The highest BCUT2D eigenvalue weighted by molar-refractivity contribution is 7.99. The van der Waals surface area contributed by atoms with E-state index in [1.807, 2.05) is 32.2 Å². The zero-order valence-electron chi connectivity index (χ0n) is 10.6. The summed E-state index contributed by atoms with van der Waals surface area (Å²) in [6, 6.07) is 8.36. The summed E-state index contributed by atoms with van der Waals surface area (Å²) in [5, 5.41) is 12.6. The van der Waals surface area contributed by atoms with Crippen LogP contribution in [0.2, 0.25) is 0 Å². The Morgan fingerprint density at radius 2 is 2.24 bits per heavy atom. The van der Waals surface area contributed by atoms with Crippen LogP contribution in [0.3, 0.4) is 0 Å². The highest BCUT2D eigenvalue weighted by atomic mass is 32.2. The molecule has 2 N–H and O–H groups in total. The van der Waals surface area contributed by atoms with E-state index in [1.165, 1.54) is 5.56 Å². The van der Waals surface area contributed by atoms with E-state index in [-0.39, 0.29) is 17.9 Å². The van der Waals surface area contributed by atoms with Gasteiger partial charge in [0.15, 0.2) is 0 Å². The van der Waals surface area contributed by atoms with Crippen molar-refractivity contribution < 1.29 is 9.84 Å². The van der Waals surface area contributed by atoms with Gasteiger partial charge in [-0.25, -0.2) is 0 Å². The molecule has 96 valence electrons. The normalized spacial score (nSPS) is 14.4. The Labute approximate surface area is 108 Å². The lowest BCUT2D eigenvalue weighted by atomic mass is 10.1. The highest BCUT2D eigenvalue weighted by Gasteiger charge is 2.11. The van der Waals surface area contributed by atoms with Gasteiger partial charge in [-0.05, 0) is 24.7 Å². The van der Waals surface area contributed by atoms with Crippen molar-refractivity contribution in [1.82, 2.24) is 5.32 Å². The third kappa shape index (κ3) is 4.58. The van der Waals surface area contributed by atoms with E-state index in [1.54, 1.807) is 18.9 Å². The van der Waals surface area contributed by atoms with Crippen LogP contribution in [-0.2, 0) is 0 Å². The fraction of sp³-hybridized carbons (Fsp3) is 0.538. The predicted octanol–water partition coefficient (Wildman–Crippen LogP) is 2.07. The van der Waals surface area contributed by atoms with Gasteiger partial charge in [-0.15, -0.1) is 0 Å².